The van der Waals surface area contributed by atoms with Gasteiger partial charge in [-0.15, -0.1) is 0 Å². The number of aliphatic hydroxyl groups is 1. The normalized spacial score (nSPS) is 11.1. The first-order chi connectivity index (χ1) is 32.7. The number of carbonyl (C=O) groups is 2. The fourth-order valence-electron chi connectivity index (χ4n) is 6.20. The Kier molecular flexibility index (Phi) is 16.4. The van der Waals surface area contributed by atoms with E-state index in [2.05, 4.69) is 9.44 Å². The number of benzene rings is 6. The Bertz CT molecular complexity index is 2950. The number of para-hydroxylation sites is 4. The van der Waals surface area contributed by atoms with Crippen LogP contribution in [0.3, 0.4) is 0 Å². The first kappa shape index (κ1) is 49.6. The van der Waals surface area contributed by atoms with Crippen LogP contribution < -0.4 is 47.3 Å². The summed E-state index contributed by atoms with van der Waals surface area (Å²) in [5.41, 5.74) is -0.861. The molecule has 0 heterocycles. The van der Waals surface area contributed by atoms with Gasteiger partial charge in [0.2, 0.25) is 0 Å². The number of aliphatic hydroxyl groups excluding tert-OH is 1. The van der Waals surface area contributed by atoms with Crippen LogP contribution in [0.5, 0.6) is 57.5 Å². The first-order valence-electron chi connectivity index (χ1n) is 20.2. The number of hydrogen-bond acceptors (Lipinski definition) is 17. The smallest absolute Gasteiger partial charge is 0.338 e. The molecule has 6 rings (SSSR count). The van der Waals surface area contributed by atoms with E-state index < -0.39 is 51.8 Å². The quantitative estimate of drug-likeness (QED) is 0.0421. The maximum atomic E-state index is 13.8. The zero-order chi connectivity index (χ0) is 48.8. The summed E-state index contributed by atoms with van der Waals surface area (Å²) in [6, 6.07) is 28.9. The van der Waals surface area contributed by atoms with E-state index in [1.54, 1.807) is 48.5 Å². The standard InChI is InChI=1S/C47H46N2O17S2/c1-57-32-14-18-34(19-15-32)67(53,54)48-36-26-30(46(51)61-5)28-43(45(36)66-41-13-9-7-11-39(41)60-4)63-24-25-64-47(52)31-27-37(49-68(55,56)35-20-16-33(58-2)17-21-35)44(42(29-31)62-23-22-50)65-40-12-8-6-10-38(40)59-3/h6-21,26-29,48-50H,22-25H2,1-5H3. The van der Waals surface area contributed by atoms with Gasteiger partial charge in [0.05, 0.1) is 74.4 Å². The number of nitrogens with one attached hydrogen (secondary N) is 2. The third-order valence-corrected chi connectivity index (χ3v) is 12.2. The van der Waals surface area contributed by atoms with E-state index in [-0.39, 0.29) is 84.9 Å². The molecule has 19 nitrogen and oxygen atoms in total. The van der Waals surface area contributed by atoms with Gasteiger partial charge in [0.1, 0.15) is 31.3 Å². The number of carbonyl (C=O) groups excluding carboxylic acids is 2. The molecule has 68 heavy (non-hydrogen) atoms. The molecule has 0 radical (unpaired) electrons. The minimum Gasteiger partial charge on any atom is -0.497 e. The SMILES string of the molecule is COC(=O)c1cc(NS(=O)(=O)c2ccc(OC)cc2)c(Oc2ccccc2OC)c(OCCOC(=O)c2cc(NS(=O)(=O)c3ccc(OC)cc3)c(Oc3ccccc3OC)c(OCCO)c2)c1. The van der Waals surface area contributed by atoms with Crippen molar-refractivity contribution in [2.24, 2.45) is 0 Å². The second-order valence-corrected chi connectivity index (χ2v) is 17.2. The Morgan fingerprint density at radius 1 is 0.485 bits per heavy atom. The lowest BCUT2D eigenvalue weighted by Gasteiger charge is -2.20. The van der Waals surface area contributed by atoms with E-state index in [1.807, 2.05) is 0 Å². The highest BCUT2D eigenvalue weighted by Gasteiger charge is 2.27. The third kappa shape index (κ3) is 12.1. The van der Waals surface area contributed by atoms with Gasteiger partial charge in [-0.05, 0) is 97.1 Å². The average molecular weight is 975 g/mol. The number of hydrogen-bond donors (Lipinski definition) is 3. The molecule has 0 saturated carbocycles. The van der Waals surface area contributed by atoms with Crippen LogP contribution in [0, 0.1) is 0 Å². The fourth-order valence-corrected chi connectivity index (χ4v) is 8.31. The fraction of sp³-hybridized carbons (Fsp3) is 0.191. The highest BCUT2D eigenvalue weighted by molar-refractivity contribution is 7.93. The Morgan fingerprint density at radius 2 is 0.897 bits per heavy atom. The van der Waals surface area contributed by atoms with Crippen molar-refractivity contribution in [1.82, 2.24) is 0 Å². The summed E-state index contributed by atoms with van der Waals surface area (Å²) in [4.78, 5) is 26.5. The molecule has 0 atom stereocenters. The summed E-state index contributed by atoms with van der Waals surface area (Å²) in [6.07, 6.45) is 0. The molecule has 0 spiro atoms. The molecule has 6 aromatic carbocycles. The number of anilines is 2. The van der Waals surface area contributed by atoms with Crippen molar-refractivity contribution in [2.75, 3.05) is 71.4 Å². The summed E-state index contributed by atoms with van der Waals surface area (Å²) >= 11 is 0. The molecule has 0 aliphatic heterocycles. The predicted molar refractivity (Wildman–Crippen MR) is 246 cm³/mol. The number of methoxy groups -OCH3 is 5. The highest BCUT2D eigenvalue weighted by atomic mass is 32.2. The van der Waals surface area contributed by atoms with E-state index in [1.165, 1.54) is 101 Å². The minimum absolute atomic E-state index is 0.137. The summed E-state index contributed by atoms with van der Waals surface area (Å²) in [5, 5.41) is 9.69. The average Bonchev–Trinajstić information content (AvgIpc) is 3.35. The Labute approximate surface area is 392 Å². The maximum absolute atomic E-state index is 13.8. The van der Waals surface area contributed by atoms with Gasteiger partial charge in [0, 0.05) is 0 Å². The van der Waals surface area contributed by atoms with Gasteiger partial charge in [-0.25, -0.2) is 26.4 Å². The summed E-state index contributed by atoms with van der Waals surface area (Å²) < 4.78 is 116. The molecule has 0 aliphatic rings. The van der Waals surface area contributed by atoms with Crippen LogP contribution in [0.2, 0.25) is 0 Å². The molecule has 0 unspecified atom stereocenters. The summed E-state index contributed by atoms with van der Waals surface area (Å²) in [7, 11) is -1.91. The second-order valence-electron chi connectivity index (χ2n) is 13.8. The molecule has 0 fully saturated rings. The van der Waals surface area contributed by atoms with Crippen LogP contribution in [-0.4, -0.2) is 95.9 Å². The Balaban J connectivity index is 1.34. The number of ether oxygens (including phenoxy) is 10. The minimum atomic E-state index is -4.37. The van der Waals surface area contributed by atoms with Crippen LogP contribution in [0.15, 0.2) is 131 Å². The lowest BCUT2D eigenvalue weighted by Crippen LogP contribution is -2.17. The monoisotopic (exact) mass is 974 g/mol. The molecular weight excluding hydrogens is 929 g/mol. The summed E-state index contributed by atoms with van der Waals surface area (Å²) in [6.45, 7) is -1.64. The van der Waals surface area contributed by atoms with Crippen molar-refractivity contribution in [1.29, 1.82) is 0 Å². The topological polar surface area (TPSA) is 239 Å². The van der Waals surface area contributed by atoms with Crippen molar-refractivity contribution in [3.8, 4) is 57.5 Å². The lowest BCUT2D eigenvalue weighted by molar-refractivity contribution is 0.0449. The van der Waals surface area contributed by atoms with Crippen LogP contribution in [-0.2, 0) is 29.5 Å². The molecule has 0 amide bonds. The van der Waals surface area contributed by atoms with E-state index in [4.69, 9.17) is 47.4 Å². The van der Waals surface area contributed by atoms with Gasteiger partial charge in [-0.1, -0.05) is 24.3 Å². The predicted octanol–water partition coefficient (Wildman–Crippen LogP) is 7.30. The first-order valence-corrected chi connectivity index (χ1v) is 23.1. The number of esters is 2. The van der Waals surface area contributed by atoms with Crippen molar-refractivity contribution in [2.45, 2.75) is 9.79 Å². The van der Waals surface area contributed by atoms with Gasteiger partial charge in [-0.3, -0.25) is 9.44 Å². The summed E-state index contributed by atoms with van der Waals surface area (Å²) in [5.74, 6) is -0.936. The van der Waals surface area contributed by atoms with E-state index in [0.717, 1.165) is 7.11 Å². The zero-order valence-corrected chi connectivity index (χ0v) is 38.8. The molecule has 6 aromatic rings. The van der Waals surface area contributed by atoms with E-state index in [0.29, 0.717) is 11.5 Å². The van der Waals surface area contributed by atoms with Gasteiger partial charge >= 0.3 is 11.9 Å². The molecular formula is C47H46N2O17S2. The van der Waals surface area contributed by atoms with Crippen LogP contribution in [0.25, 0.3) is 0 Å². The van der Waals surface area contributed by atoms with Crippen molar-refractivity contribution in [3.63, 3.8) is 0 Å². The maximum Gasteiger partial charge on any atom is 0.338 e. The van der Waals surface area contributed by atoms with Crippen molar-refractivity contribution < 1.29 is 78.9 Å². The second kappa shape index (κ2) is 22.5. The molecule has 0 aliphatic carbocycles. The molecule has 0 saturated heterocycles. The molecule has 21 heteroatoms. The molecule has 0 bridgehead atoms. The van der Waals surface area contributed by atoms with Crippen molar-refractivity contribution >= 4 is 43.4 Å². The Hall–Kier alpha value is -7.88. The molecule has 0 aromatic heterocycles. The van der Waals surface area contributed by atoms with Gasteiger partial charge in [-0.2, -0.15) is 0 Å². The Morgan fingerprint density at radius 3 is 1.29 bits per heavy atom. The van der Waals surface area contributed by atoms with E-state index in [9.17, 15) is 31.5 Å². The largest absolute Gasteiger partial charge is 0.497 e. The van der Waals surface area contributed by atoms with Crippen LogP contribution >= 0.6 is 0 Å². The molecule has 3 N–H and O–H groups in total. The van der Waals surface area contributed by atoms with Crippen LogP contribution in [0.1, 0.15) is 20.7 Å². The van der Waals surface area contributed by atoms with Gasteiger partial charge in [0.15, 0.2) is 46.0 Å². The highest BCUT2D eigenvalue weighted by Crippen LogP contribution is 2.45. The van der Waals surface area contributed by atoms with Crippen LogP contribution in [0.4, 0.5) is 11.4 Å². The zero-order valence-electron chi connectivity index (χ0n) is 37.2. The number of sulfonamides is 2. The third-order valence-electron chi connectivity index (χ3n) is 9.48. The van der Waals surface area contributed by atoms with Gasteiger partial charge in [0.25, 0.3) is 20.0 Å². The molecule has 358 valence electrons. The van der Waals surface area contributed by atoms with Gasteiger partial charge < -0.3 is 52.5 Å². The number of rotatable bonds is 23. The lowest BCUT2D eigenvalue weighted by atomic mass is 10.1. The van der Waals surface area contributed by atoms with E-state index >= 15 is 0 Å². The van der Waals surface area contributed by atoms with Crippen molar-refractivity contribution in [3.05, 3.63) is 132 Å².